The standard InChI is InChI=1S/C19H40O2/c1-13(2)15(14(3)4)21-16(20)19(11,18(8,9)10)12-17(5,6)7/h13-16,20H,12H2,1-11H3. The summed E-state index contributed by atoms with van der Waals surface area (Å²) in [5.41, 5.74) is -0.164. The van der Waals surface area contributed by atoms with Gasteiger partial charge in [-0.15, -0.1) is 0 Å². The van der Waals surface area contributed by atoms with Crippen molar-refractivity contribution < 1.29 is 9.84 Å². The summed E-state index contributed by atoms with van der Waals surface area (Å²) >= 11 is 0. The summed E-state index contributed by atoms with van der Waals surface area (Å²) in [6, 6.07) is 0. The van der Waals surface area contributed by atoms with E-state index in [9.17, 15) is 5.11 Å². The molecule has 0 rings (SSSR count). The van der Waals surface area contributed by atoms with Crippen LogP contribution in [0.25, 0.3) is 0 Å². The van der Waals surface area contributed by atoms with Crippen molar-refractivity contribution in [2.75, 3.05) is 0 Å². The molecule has 0 saturated carbocycles. The first-order valence-corrected chi connectivity index (χ1v) is 8.45. The molecular formula is C19H40O2. The smallest absolute Gasteiger partial charge is 0.160 e. The van der Waals surface area contributed by atoms with Crippen molar-refractivity contribution >= 4 is 0 Å². The maximum atomic E-state index is 10.9. The van der Waals surface area contributed by atoms with E-state index in [-0.39, 0.29) is 22.3 Å². The Kier molecular flexibility index (Phi) is 6.97. The summed E-state index contributed by atoms with van der Waals surface area (Å²) in [6.45, 7) is 24.1. The topological polar surface area (TPSA) is 29.5 Å². The molecular weight excluding hydrogens is 260 g/mol. The van der Waals surface area contributed by atoms with E-state index in [0.29, 0.717) is 11.8 Å². The van der Waals surface area contributed by atoms with Crippen LogP contribution >= 0.6 is 0 Å². The Labute approximate surface area is 133 Å². The lowest BCUT2D eigenvalue weighted by atomic mass is 9.61. The number of hydrogen-bond acceptors (Lipinski definition) is 2. The van der Waals surface area contributed by atoms with E-state index in [1.807, 2.05) is 0 Å². The normalized spacial score (nSPS) is 18.4. The molecule has 0 aromatic carbocycles. The van der Waals surface area contributed by atoms with Crippen LogP contribution in [0.3, 0.4) is 0 Å². The van der Waals surface area contributed by atoms with E-state index >= 15 is 0 Å². The second-order valence-corrected chi connectivity index (χ2v) is 9.85. The lowest BCUT2D eigenvalue weighted by Crippen LogP contribution is -2.49. The molecule has 2 atom stereocenters. The molecule has 2 unspecified atom stereocenters. The second kappa shape index (κ2) is 7.00. The molecule has 21 heavy (non-hydrogen) atoms. The van der Waals surface area contributed by atoms with Crippen LogP contribution in [0.4, 0.5) is 0 Å². The monoisotopic (exact) mass is 300 g/mol. The minimum atomic E-state index is -0.744. The number of aliphatic hydroxyl groups excluding tert-OH is 1. The largest absolute Gasteiger partial charge is 0.367 e. The van der Waals surface area contributed by atoms with Gasteiger partial charge in [0.15, 0.2) is 6.29 Å². The summed E-state index contributed by atoms with van der Waals surface area (Å²) in [7, 11) is 0. The highest BCUT2D eigenvalue weighted by Gasteiger charge is 2.47. The summed E-state index contributed by atoms with van der Waals surface area (Å²) in [5.74, 6) is 0.803. The molecule has 2 nitrogen and oxygen atoms in total. The molecule has 0 amide bonds. The molecule has 0 fully saturated rings. The molecule has 0 radical (unpaired) electrons. The Morgan fingerprint density at radius 3 is 1.43 bits per heavy atom. The van der Waals surface area contributed by atoms with E-state index in [4.69, 9.17) is 4.74 Å². The minimum Gasteiger partial charge on any atom is -0.367 e. The molecule has 0 aliphatic rings. The summed E-state index contributed by atoms with van der Waals surface area (Å²) in [4.78, 5) is 0. The maximum Gasteiger partial charge on any atom is 0.160 e. The van der Waals surface area contributed by atoms with E-state index in [2.05, 4.69) is 76.2 Å². The van der Waals surface area contributed by atoms with Crippen molar-refractivity contribution in [1.82, 2.24) is 0 Å². The Hall–Kier alpha value is -0.0800. The van der Waals surface area contributed by atoms with Crippen molar-refractivity contribution in [2.24, 2.45) is 28.1 Å². The van der Waals surface area contributed by atoms with Crippen molar-refractivity contribution in [2.45, 2.75) is 95.0 Å². The summed E-state index contributed by atoms with van der Waals surface area (Å²) < 4.78 is 6.17. The molecule has 0 aliphatic heterocycles. The third kappa shape index (κ3) is 5.90. The highest BCUT2D eigenvalue weighted by atomic mass is 16.6. The quantitative estimate of drug-likeness (QED) is 0.657. The van der Waals surface area contributed by atoms with Gasteiger partial charge >= 0.3 is 0 Å². The molecule has 2 heteroatoms. The van der Waals surface area contributed by atoms with Gasteiger partial charge in [0.05, 0.1) is 6.10 Å². The van der Waals surface area contributed by atoms with Crippen LogP contribution in [0.15, 0.2) is 0 Å². The van der Waals surface area contributed by atoms with Crippen LogP contribution in [-0.2, 0) is 4.74 Å². The average Bonchev–Trinajstić information content (AvgIpc) is 2.20. The van der Waals surface area contributed by atoms with Gasteiger partial charge in [-0.2, -0.15) is 0 Å². The van der Waals surface area contributed by atoms with Gasteiger partial charge in [-0.3, -0.25) is 0 Å². The number of aliphatic hydroxyl groups is 1. The van der Waals surface area contributed by atoms with Gasteiger partial charge in [0, 0.05) is 5.41 Å². The van der Waals surface area contributed by atoms with Crippen LogP contribution in [0.1, 0.15) is 82.6 Å². The molecule has 0 saturated heterocycles. The number of hydrogen-bond donors (Lipinski definition) is 1. The predicted octanol–water partition coefficient (Wildman–Crippen LogP) is 5.49. The zero-order valence-electron chi connectivity index (χ0n) is 16.4. The van der Waals surface area contributed by atoms with E-state index in [1.165, 1.54) is 0 Å². The van der Waals surface area contributed by atoms with Crippen LogP contribution < -0.4 is 0 Å². The van der Waals surface area contributed by atoms with Gasteiger partial charge in [0.2, 0.25) is 0 Å². The van der Waals surface area contributed by atoms with Gasteiger partial charge in [-0.1, -0.05) is 76.2 Å². The molecule has 1 N–H and O–H groups in total. The van der Waals surface area contributed by atoms with Crippen LogP contribution in [0, 0.1) is 28.1 Å². The van der Waals surface area contributed by atoms with Gasteiger partial charge < -0.3 is 9.84 Å². The lowest BCUT2D eigenvalue weighted by Gasteiger charge is -2.49. The highest BCUT2D eigenvalue weighted by molar-refractivity contribution is 4.92. The first-order chi connectivity index (χ1) is 9.12. The lowest BCUT2D eigenvalue weighted by molar-refractivity contribution is -0.245. The maximum absolute atomic E-state index is 10.9. The average molecular weight is 301 g/mol. The molecule has 0 aliphatic carbocycles. The van der Waals surface area contributed by atoms with Crippen molar-refractivity contribution in [3.8, 4) is 0 Å². The predicted molar refractivity (Wildman–Crippen MR) is 92.2 cm³/mol. The second-order valence-electron chi connectivity index (χ2n) is 9.85. The van der Waals surface area contributed by atoms with Crippen LogP contribution in [-0.4, -0.2) is 17.5 Å². The SMILES string of the molecule is CC(C)C(OC(O)C(C)(CC(C)(C)C)C(C)(C)C)C(C)C. The van der Waals surface area contributed by atoms with E-state index < -0.39 is 6.29 Å². The first-order valence-electron chi connectivity index (χ1n) is 8.45. The highest BCUT2D eigenvalue weighted by Crippen LogP contribution is 2.49. The van der Waals surface area contributed by atoms with Gasteiger partial charge in [0.25, 0.3) is 0 Å². The molecule has 0 aromatic heterocycles. The summed E-state index contributed by atoms with van der Waals surface area (Å²) in [6.07, 6.45) is 0.265. The van der Waals surface area contributed by atoms with Crippen LogP contribution in [0.5, 0.6) is 0 Å². The van der Waals surface area contributed by atoms with Crippen LogP contribution in [0.2, 0.25) is 0 Å². The molecule has 128 valence electrons. The van der Waals surface area contributed by atoms with Gasteiger partial charge in [-0.05, 0) is 29.1 Å². The molecule has 0 heterocycles. The Bertz CT molecular complexity index is 299. The van der Waals surface area contributed by atoms with Crippen molar-refractivity contribution in [3.05, 3.63) is 0 Å². The zero-order valence-corrected chi connectivity index (χ0v) is 16.4. The Balaban J connectivity index is 5.36. The van der Waals surface area contributed by atoms with Crippen molar-refractivity contribution in [3.63, 3.8) is 0 Å². The number of rotatable bonds is 6. The minimum absolute atomic E-state index is 0.0296. The fourth-order valence-corrected chi connectivity index (χ4v) is 3.21. The van der Waals surface area contributed by atoms with E-state index in [0.717, 1.165) is 6.42 Å². The fraction of sp³-hybridized carbons (Fsp3) is 1.00. The third-order valence-electron chi connectivity index (χ3n) is 4.76. The van der Waals surface area contributed by atoms with Gasteiger partial charge in [-0.25, -0.2) is 0 Å². The molecule has 0 bridgehead atoms. The fourth-order valence-electron chi connectivity index (χ4n) is 3.21. The molecule has 0 aromatic rings. The Morgan fingerprint density at radius 1 is 0.810 bits per heavy atom. The van der Waals surface area contributed by atoms with E-state index in [1.54, 1.807) is 0 Å². The zero-order chi connectivity index (χ0) is 17.2. The summed E-state index contributed by atoms with van der Waals surface area (Å²) in [5, 5.41) is 10.9. The third-order valence-corrected chi connectivity index (χ3v) is 4.76. The molecule has 0 spiro atoms. The first kappa shape index (κ1) is 20.9. The van der Waals surface area contributed by atoms with Crippen molar-refractivity contribution in [1.29, 1.82) is 0 Å². The Morgan fingerprint density at radius 2 is 1.19 bits per heavy atom. The number of ether oxygens (including phenoxy) is 1. The van der Waals surface area contributed by atoms with Gasteiger partial charge in [0.1, 0.15) is 0 Å².